The van der Waals surface area contributed by atoms with Gasteiger partial charge in [-0.25, -0.2) is 0 Å². The monoisotopic (exact) mass is 342 g/mol. The van der Waals surface area contributed by atoms with Crippen LogP contribution in [0, 0.1) is 13.8 Å². The summed E-state index contributed by atoms with van der Waals surface area (Å²) in [5.41, 5.74) is 4.67. The highest BCUT2D eigenvalue weighted by atomic mass is 35.5. The van der Waals surface area contributed by atoms with Crippen molar-refractivity contribution in [2.24, 2.45) is 0 Å². The number of aromatic amines is 1. The third kappa shape index (κ3) is 3.24. The highest BCUT2D eigenvalue weighted by Crippen LogP contribution is 2.27. The summed E-state index contributed by atoms with van der Waals surface area (Å²) in [6.07, 6.45) is 0.283. The number of aromatic nitrogens is 1. The summed E-state index contributed by atoms with van der Waals surface area (Å²) in [6.45, 7) is 3.91. The fourth-order valence-electron chi connectivity index (χ4n) is 2.80. The molecule has 0 saturated heterocycles. The molecule has 5 heteroatoms. The maximum absolute atomic E-state index is 12.5. The molecule has 0 spiro atoms. The number of carbonyl (C=O) groups is 1. The third-order valence-electron chi connectivity index (χ3n) is 4.14. The summed E-state index contributed by atoms with van der Waals surface area (Å²) in [4.78, 5) is 15.8. The minimum atomic E-state index is -0.0767. The van der Waals surface area contributed by atoms with E-state index in [4.69, 9.17) is 16.3 Å². The first-order chi connectivity index (χ1) is 11.5. The Hall–Kier alpha value is -2.46. The summed E-state index contributed by atoms with van der Waals surface area (Å²) in [7, 11) is 1.63. The molecule has 0 fully saturated rings. The van der Waals surface area contributed by atoms with Crippen molar-refractivity contribution < 1.29 is 9.53 Å². The second kappa shape index (κ2) is 6.57. The number of aryl methyl sites for hydroxylation is 2. The molecule has 1 aromatic heterocycles. The number of anilines is 1. The van der Waals surface area contributed by atoms with E-state index in [9.17, 15) is 4.79 Å². The molecular formula is C19H19ClN2O2. The van der Waals surface area contributed by atoms with E-state index < -0.39 is 0 Å². The first kappa shape index (κ1) is 16.4. The maximum atomic E-state index is 12.5. The zero-order valence-electron chi connectivity index (χ0n) is 13.9. The number of carbonyl (C=O) groups excluding carboxylic acids is 1. The van der Waals surface area contributed by atoms with Crippen LogP contribution in [0.4, 0.5) is 5.69 Å². The van der Waals surface area contributed by atoms with Crippen molar-refractivity contribution in [3.05, 3.63) is 58.2 Å². The number of methoxy groups -OCH3 is 1. The number of hydrogen-bond donors (Lipinski definition) is 2. The smallest absolute Gasteiger partial charge is 0.228 e. The minimum Gasteiger partial charge on any atom is -0.497 e. The van der Waals surface area contributed by atoms with Gasteiger partial charge in [0.05, 0.1) is 13.5 Å². The van der Waals surface area contributed by atoms with Crippen molar-refractivity contribution in [3.63, 3.8) is 0 Å². The Morgan fingerprint density at radius 1 is 1.21 bits per heavy atom. The molecule has 4 nitrogen and oxygen atoms in total. The Labute approximate surface area is 145 Å². The molecule has 0 aliphatic heterocycles. The summed E-state index contributed by atoms with van der Waals surface area (Å²) < 4.78 is 5.29. The second-order valence-electron chi connectivity index (χ2n) is 5.82. The average molecular weight is 343 g/mol. The largest absolute Gasteiger partial charge is 0.497 e. The number of benzene rings is 2. The van der Waals surface area contributed by atoms with E-state index in [1.807, 2.05) is 44.2 Å². The highest BCUT2D eigenvalue weighted by Gasteiger charge is 2.14. The molecule has 124 valence electrons. The van der Waals surface area contributed by atoms with Gasteiger partial charge in [-0.05, 0) is 55.3 Å². The SMILES string of the molecule is COc1ccc2[nH]c(C)c(CC(=O)Nc3cc(Cl)ccc3C)c2c1. The number of halogens is 1. The predicted molar refractivity (Wildman–Crippen MR) is 98.1 cm³/mol. The fraction of sp³-hybridized carbons (Fsp3) is 0.211. The molecule has 2 N–H and O–H groups in total. The molecule has 3 rings (SSSR count). The Bertz CT molecular complexity index is 915. The van der Waals surface area contributed by atoms with Gasteiger partial charge < -0.3 is 15.0 Å². The number of amides is 1. The highest BCUT2D eigenvalue weighted by molar-refractivity contribution is 6.31. The fourth-order valence-corrected chi connectivity index (χ4v) is 2.97. The summed E-state index contributed by atoms with van der Waals surface area (Å²) in [5, 5.41) is 4.55. The minimum absolute atomic E-state index is 0.0767. The van der Waals surface area contributed by atoms with Gasteiger partial charge in [0.2, 0.25) is 5.91 Å². The van der Waals surface area contributed by atoms with E-state index in [-0.39, 0.29) is 12.3 Å². The number of nitrogens with one attached hydrogen (secondary N) is 2. The van der Waals surface area contributed by atoms with E-state index in [2.05, 4.69) is 10.3 Å². The third-order valence-corrected chi connectivity index (χ3v) is 4.37. The van der Waals surface area contributed by atoms with Gasteiger partial charge in [-0.15, -0.1) is 0 Å². The predicted octanol–water partition coefficient (Wildman–Crippen LogP) is 4.63. The first-order valence-corrected chi connectivity index (χ1v) is 8.07. The first-order valence-electron chi connectivity index (χ1n) is 7.69. The van der Waals surface area contributed by atoms with Crippen LogP contribution >= 0.6 is 11.6 Å². The van der Waals surface area contributed by atoms with E-state index in [0.717, 1.165) is 39.2 Å². The van der Waals surface area contributed by atoms with Gasteiger partial charge in [0.25, 0.3) is 0 Å². The van der Waals surface area contributed by atoms with Gasteiger partial charge in [-0.3, -0.25) is 4.79 Å². The van der Waals surface area contributed by atoms with E-state index >= 15 is 0 Å². The van der Waals surface area contributed by atoms with Crippen LogP contribution in [0.2, 0.25) is 5.02 Å². The molecular weight excluding hydrogens is 324 g/mol. The van der Waals surface area contributed by atoms with Gasteiger partial charge >= 0.3 is 0 Å². The molecule has 0 bridgehead atoms. The summed E-state index contributed by atoms with van der Waals surface area (Å²) in [6, 6.07) is 11.3. The molecule has 1 amide bonds. The number of H-pyrrole nitrogens is 1. The average Bonchev–Trinajstić information content (AvgIpc) is 2.86. The Kier molecular flexibility index (Phi) is 4.49. The molecule has 0 unspecified atom stereocenters. The van der Waals surface area contributed by atoms with Gasteiger partial charge in [0, 0.05) is 27.3 Å². The molecule has 1 heterocycles. The van der Waals surface area contributed by atoms with Crippen molar-refractivity contribution in [2.75, 3.05) is 12.4 Å². The molecule has 0 atom stereocenters. The van der Waals surface area contributed by atoms with Crippen LogP contribution in [-0.4, -0.2) is 18.0 Å². The molecule has 0 aliphatic carbocycles. The maximum Gasteiger partial charge on any atom is 0.228 e. The molecule has 0 aliphatic rings. The lowest BCUT2D eigenvalue weighted by atomic mass is 10.1. The van der Waals surface area contributed by atoms with Crippen molar-refractivity contribution in [1.29, 1.82) is 0 Å². The molecule has 24 heavy (non-hydrogen) atoms. The van der Waals surface area contributed by atoms with Gasteiger partial charge in [0.1, 0.15) is 5.75 Å². The van der Waals surface area contributed by atoms with Crippen LogP contribution in [0.3, 0.4) is 0 Å². The van der Waals surface area contributed by atoms with E-state index in [0.29, 0.717) is 5.02 Å². The van der Waals surface area contributed by atoms with Crippen LogP contribution in [0.1, 0.15) is 16.8 Å². The van der Waals surface area contributed by atoms with Crippen molar-refractivity contribution >= 4 is 34.1 Å². The van der Waals surface area contributed by atoms with Gasteiger partial charge in [-0.2, -0.15) is 0 Å². The topological polar surface area (TPSA) is 54.1 Å². The lowest BCUT2D eigenvalue weighted by Gasteiger charge is -2.09. The quantitative estimate of drug-likeness (QED) is 0.726. The van der Waals surface area contributed by atoms with Crippen molar-refractivity contribution in [1.82, 2.24) is 4.98 Å². The van der Waals surface area contributed by atoms with Crippen LogP contribution in [0.25, 0.3) is 10.9 Å². The molecule has 2 aromatic carbocycles. The number of rotatable bonds is 4. The molecule has 3 aromatic rings. The van der Waals surface area contributed by atoms with E-state index in [1.54, 1.807) is 13.2 Å². The molecule has 0 saturated carbocycles. The summed E-state index contributed by atoms with van der Waals surface area (Å²) in [5.74, 6) is 0.695. The van der Waals surface area contributed by atoms with Crippen LogP contribution in [-0.2, 0) is 11.2 Å². The van der Waals surface area contributed by atoms with Crippen LogP contribution in [0.15, 0.2) is 36.4 Å². The zero-order valence-corrected chi connectivity index (χ0v) is 14.6. The lowest BCUT2D eigenvalue weighted by molar-refractivity contribution is -0.115. The Morgan fingerprint density at radius 3 is 2.75 bits per heavy atom. The number of hydrogen-bond acceptors (Lipinski definition) is 2. The van der Waals surface area contributed by atoms with Gasteiger partial charge in [-0.1, -0.05) is 17.7 Å². The van der Waals surface area contributed by atoms with Gasteiger partial charge in [0.15, 0.2) is 0 Å². The number of fused-ring (bicyclic) bond motifs is 1. The normalized spacial score (nSPS) is 10.8. The lowest BCUT2D eigenvalue weighted by Crippen LogP contribution is -2.15. The standard InChI is InChI=1S/C19H19ClN2O2/c1-11-4-5-13(20)8-18(11)22-19(23)10-15-12(2)21-17-7-6-14(24-3)9-16(15)17/h4-9,21H,10H2,1-3H3,(H,22,23). The second-order valence-corrected chi connectivity index (χ2v) is 6.26. The van der Waals surface area contributed by atoms with E-state index in [1.165, 1.54) is 0 Å². The Morgan fingerprint density at radius 2 is 2.00 bits per heavy atom. The number of ether oxygens (including phenoxy) is 1. The summed E-state index contributed by atoms with van der Waals surface area (Å²) >= 11 is 6.01. The van der Waals surface area contributed by atoms with Crippen LogP contribution < -0.4 is 10.1 Å². The zero-order chi connectivity index (χ0) is 17.3. The van der Waals surface area contributed by atoms with Crippen molar-refractivity contribution in [3.8, 4) is 5.75 Å². The Balaban J connectivity index is 1.87. The molecule has 0 radical (unpaired) electrons. The van der Waals surface area contributed by atoms with Crippen molar-refractivity contribution in [2.45, 2.75) is 20.3 Å². The van der Waals surface area contributed by atoms with Crippen LogP contribution in [0.5, 0.6) is 5.75 Å².